The van der Waals surface area contributed by atoms with Crippen molar-refractivity contribution in [3.05, 3.63) is 23.5 Å². The van der Waals surface area contributed by atoms with Crippen molar-refractivity contribution in [2.45, 2.75) is 32.1 Å². The van der Waals surface area contributed by atoms with Crippen LogP contribution in [0, 0.1) is 0 Å². The number of aromatic nitrogens is 2. The first-order valence-electron chi connectivity index (χ1n) is 5.33. The first-order valence-corrected chi connectivity index (χ1v) is 9.04. The Kier molecular flexibility index (Phi) is 4.17. The van der Waals surface area contributed by atoms with Gasteiger partial charge in [-0.3, -0.25) is 0 Å². The Bertz CT molecular complexity index is 357. The van der Waals surface area contributed by atoms with Gasteiger partial charge in [0, 0.05) is 8.07 Å². The van der Waals surface area contributed by atoms with E-state index < -0.39 is 14.0 Å². The molecular formula is C11H18N2O2Si. The number of rotatable bonds is 4. The van der Waals surface area contributed by atoms with Gasteiger partial charge in [-0.15, -0.1) is 5.10 Å². The van der Waals surface area contributed by atoms with Gasteiger partial charge in [0.1, 0.15) is 0 Å². The van der Waals surface area contributed by atoms with Crippen molar-refractivity contribution >= 4 is 14.0 Å². The van der Waals surface area contributed by atoms with Crippen molar-refractivity contribution in [2.75, 3.05) is 7.11 Å². The van der Waals surface area contributed by atoms with E-state index in [2.05, 4.69) is 34.6 Å². The Morgan fingerprint density at radius 2 is 2.00 bits per heavy atom. The molecule has 0 spiro atoms. The highest BCUT2D eigenvalue weighted by Crippen LogP contribution is 2.12. The third kappa shape index (κ3) is 4.10. The Morgan fingerprint density at radius 1 is 1.31 bits per heavy atom. The van der Waals surface area contributed by atoms with Crippen LogP contribution in [0.5, 0.6) is 0 Å². The van der Waals surface area contributed by atoms with Gasteiger partial charge in [-0.1, -0.05) is 25.7 Å². The van der Waals surface area contributed by atoms with Crippen molar-refractivity contribution < 1.29 is 9.53 Å². The number of hydrogen-bond acceptors (Lipinski definition) is 4. The lowest BCUT2D eigenvalue weighted by molar-refractivity contribution is 0.0592. The number of ether oxygens (including phenoxy) is 1. The number of hydrogen-bond donors (Lipinski definition) is 0. The molecule has 0 saturated carbocycles. The summed E-state index contributed by atoms with van der Waals surface area (Å²) >= 11 is 0. The van der Waals surface area contributed by atoms with Crippen LogP contribution in [-0.4, -0.2) is 31.4 Å². The molecule has 0 atom stereocenters. The van der Waals surface area contributed by atoms with E-state index in [1.54, 1.807) is 6.07 Å². The molecule has 1 aromatic rings. The molecule has 0 saturated heterocycles. The molecule has 1 rings (SSSR count). The van der Waals surface area contributed by atoms with E-state index in [0.29, 0.717) is 0 Å². The van der Waals surface area contributed by atoms with Gasteiger partial charge in [0.05, 0.1) is 12.8 Å². The lowest BCUT2D eigenvalue weighted by Gasteiger charge is -2.14. The van der Waals surface area contributed by atoms with Crippen molar-refractivity contribution in [3.63, 3.8) is 0 Å². The highest BCUT2D eigenvalue weighted by Gasteiger charge is 2.14. The minimum absolute atomic E-state index is 0.263. The molecule has 0 aromatic carbocycles. The van der Waals surface area contributed by atoms with Gasteiger partial charge in [-0.25, -0.2) is 4.79 Å². The molecule has 0 bridgehead atoms. The Hall–Kier alpha value is -1.23. The summed E-state index contributed by atoms with van der Waals surface area (Å²) in [7, 11) is 0.295. The number of aryl methyl sites for hydroxylation is 1. The van der Waals surface area contributed by atoms with Crippen LogP contribution >= 0.6 is 0 Å². The summed E-state index contributed by atoms with van der Waals surface area (Å²) in [6, 6.07) is 4.69. The molecule has 0 aliphatic heterocycles. The van der Waals surface area contributed by atoms with E-state index in [0.717, 1.165) is 12.1 Å². The summed E-state index contributed by atoms with van der Waals surface area (Å²) in [4.78, 5) is 11.1. The van der Waals surface area contributed by atoms with Gasteiger partial charge in [0.15, 0.2) is 5.69 Å². The molecule has 0 radical (unpaired) electrons. The molecule has 0 aliphatic rings. The van der Waals surface area contributed by atoms with Crippen LogP contribution in [-0.2, 0) is 11.2 Å². The summed E-state index contributed by atoms with van der Waals surface area (Å²) in [5.74, 6) is -0.441. The second kappa shape index (κ2) is 5.20. The van der Waals surface area contributed by atoms with Crippen molar-refractivity contribution in [1.82, 2.24) is 10.2 Å². The van der Waals surface area contributed by atoms with Gasteiger partial charge < -0.3 is 4.74 Å². The molecule has 0 fully saturated rings. The average molecular weight is 238 g/mol. The number of nitrogens with zero attached hydrogens (tertiary/aromatic N) is 2. The zero-order valence-corrected chi connectivity index (χ0v) is 11.3. The first-order chi connectivity index (χ1) is 7.42. The normalized spacial score (nSPS) is 11.2. The fourth-order valence-electron chi connectivity index (χ4n) is 1.21. The number of carbonyl (C=O) groups is 1. The molecule has 0 aliphatic carbocycles. The highest BCUT2D eigenvalue weighted by molar-refractivity contribution is 6.76. The molecule has 0 unspecified atom stereocenters. The zero-order chi connectivity index (χ0) is 12.2. The fourth-order valence-corrected chi connectivity index (χ4v) is 2.22. The van der Waals surface area contributed by atoms with Gasteiger partial charge in [0.25, 0.3) is 0 Å². The minimum atomic E-state index is -1.04. The predicted octanol–water partition coefficient (Wildman–Crippen LogP) is 2.14. The largest absolute Gasteiger partial charge is 0.464 e. The van der Waals surface area contributed by atoms with Crippen LogP contribution in [0.1, 0.15) is 16.2 Å². The number of methoxy groups -OCH3 is 1. The van der Waals surface area contributed by atoms with Gasteiger partial charge >= 0.3 is 5.97 Å². The SMILES string of the molecule is COC(=O)c1ccc(CC[Si](C)(C)C)nn1. The molecule has 0 amide bonds. The summed E-state index contributed by atoms with van der Waals surface area (Å²) in [5, 5.41) is 7.86. The highest BCUT2D eigenvalue weighted by atomic mass is 28.3. The minimum Gasteiger partial charge on any atom is -0.464 e. The fraction of sp³-hybridized carbons (Fsp3) is 0.545. The van der Waals surface area contributed by atoms with Crippen LogP contribution in [0.25, 0.3) is 0 Å². The van der Waals surface area contributed by atoms with Crippen LogP contribution in [0.3, 0.4) is 0 Å². The van der Waals surface area contributed by atoms with Crippen molar-refractivity contribution in [3.8, 4) is 0 Å². The van der Waals surface area contributed by atoms with Gasteiger partial charge in [-0.2, -0.15) is 5.10 Å². The van der Waals surface area contributed by atoms with Gasteiger partial charge in [0.2, 0.25) is 0 Å². The van der Waals surface area contributed by atoms with Crippen LogP contribution in [0.2, 0.25) is 25.7 Å². The van der Waals surface area contributed by atoms with Crippen LogP contribution < -0.4 is 0 Å². The maximum Gasteiger partial charge on any atom is 0.358 e. The molecule has 0 N–H and O–H groups in total. The maximum atomic E-state index is 11.1. The van der Waals surface area contributed by atoms with Crippen molar-refractivity contribution in [1.29, 1.82) is 0 Å². The second-order valence-electron chi connectivity index (χ2n) is 4.96. The lowest BCUT2D eigenvalue weighted by atomic mass is 10.3. The molecule has 1 heterocycles. The van der Waals surface area contributed by atoms with Crippen LogP contribution in [0.15, 0.2) is 12.1 Å². The standard InChI is InChI=1S/C11H18N2O2Si/c1-15-11(14)10-6-5-9(12-13-10)7-8-16(2,3)4/h5-6H,7-8H2,1-4H3. The van der Waals surface area contributed by atoms with E-state index in [9.17, 15) is 4.79 Å². The maximum absolute atomic E-state index is 11.1. The van der Waals surface area contributed by atoms with E-state index in [1.807, 2.05) is 6.07 Å². The summed E-state index contributed by atoms with van der Waals surface area (Å²) in [6.45, 7) is 6.97. The molecule has 5 heteroatoms. The average Bonchev–Trinajstić information content (AvgIpc) is 2.25. The molecule has 4 nitrogen and oxygen atoms in total. The van der Waals surface area contributed by atoms with E-state index in [-0.39, 0.29) is 5.69 Å². The third-order valence-corrected chi connectivity index (χ3v) is 4.00. The quantitative estimate of drug-likeness (QED) is 0.595. The molecule has 88 valence electrons. The van der Waals surface area contributed by atoms with Crippen molar-refractivity contribution in [2.24, 2.45) is 0 Å². The first kappa shape index (κ1) is 12.8. The van der Waals surface area contributed by atoms with E-state index >= 15 is 0 Å². The lowest BCUT2D eigenvalue weighted by Crippen LogP contribution is -2.20. The molecular weight excluding hydrogens is 220 g/mol. The predicted molar refractivity (Wildman–Crippen MR) is 65.2 cm³/mol. The topological polar surface area (TPSA) is 52.1 Å². The Balaban J connectivity index is 2.62. The Morgan fingerprint density at radius 3 is 2.44 bits per heavy atom. The monoisotopic (exact) mass is 238 g/mol. The van der Waals surface area contributed by atoms with E-state index in [1.165, 1.54) is 13.2 Å². The second-order valence-corrected chi connectivity index (χ2v) is 10.6. The van der Waals surface area contributed by atoms with Crippen LogP contribution in [0.4, 0.5) is 0 Å². The number of carbonyl (C=O) groups excluding carboxylic acids is 1. The Labute approximate surface area is 97.0 Å². The number of esters is 1. The van der Waals surface area contributed by atoms with E-state index in [4.69, 9.17) is 0 Å². The smallest absolute Gasteiger partial charge is 0.358 e. The molecule has 1 aromatic heterocycles. The summed E-state index contributed by atoms with van der Waals surface area (Å²) in [5.41, 5.74) is 1.20. The zero-order valence-electron chi connectivity index (χ0n) is 10.3. The molecule has 16 heavy (non-hydrogen) atoms. The van der Waals surface area contributed by atoms with Gasteiger partial charge in [-0.05, 0) is 18.6 Å². The summed E-state index contributed by atoms with van der Waals surface area (Å²) in [6.07, 6.45) is 0.935. The third-order valence-electron chi connectivity index (χ3n) is 2.25. The summed E-state index contributed by atoms with van der Waals surface area (Å²) < 4.78 is 4.56.